The van der Waals surface area contributed by atoms with Gasteiger partial charge in [-0.3, -0.25) is 19.7 Å². The molecule has 0 radical (unpaired) electrons. The Morgan fingerprint density at radius 1 is 0.897 bits per heavy atom. The van der Waals surface area contributed by atoms with Gasteiger partial charge in [0.2, 0.25) is 0 Å². The van der Waals surface area contributed by atoms with Crippen LogP contribution in [0.2, 0.25) is 0 Å². The van der Waals surface area contributed by atoms with Crippen LogP contribution in [-0.2, 0) is 4.79 Å². The molecule has 1 aliphatic rings. The molecule has 1 unspecified atom stereocenters. The summed E-state index contributed by atoms with van der Waals surface area (Å²) in [6.45, 7) is 1.41. The van der Waals surface area contributed by atoms with Crippen molar-refractivity contribution in [1.82, 2.24) is 14.9 Å². The van der Waals surface area contributed by atoms with Gasteiger partial charge in [0.05, 0.1) is 11.6 Å². The summed E-state index contributed by atoms with van der Waals surface area (Å²) in [5, 5.41) is 9.43. The van der Waals surface area contributed by atoms with Gasteiger partial charge in [0.15, 0.2) is 0 Å². The van der Waals surface area contributed by atoms with Gasteiger partial charge in [0.1, 0.15) is 5.78 Å². The van der Waals surface area contributed by atoms with E-state index in [-0.39, 0.29) is 12.0 Å². The molecular formula is C24H22N4O. The molecule has 1 fully saturated rings. The number of likely N-dealkylation sites (tertiary alicyclic amines) is 1. The highest BCUT2D eigenvalue weighted by molar-refractivity contribution is 5.79. The summed E-state index contributed by atoms with van der Waals surface area (Å²) in [6, 6.07) is 18.1. The lowest BCUT2D eigenvalue weighted by Gasteiger charge is -2.39. The quantitative estimate of drug-likeness (QED) is 0.670. The Hall–Kier alpha value is -3.36. The van der Waals surface area contributed by atoms with Crippen LogP contribution in [0, 0.1) is 11.3 Å². The molecule has 3 aromatic rings. The maximum atomic E-state index is 11.9. The van der Waals surface area contributed by atoms with Gasteiger partial charge in [-0.25, -0.2) is 0 Å². The van der Waals surface area contributed by atoms with E-state index in [0.717, 1.165) is 16.7 Å². The lowest BCUT2D eigenvalue weighted by Crippen LogP contribution is -2.39. The molecule has 2 aromatic heterocycles. The van der Waals surface area contributed by atoms with Crippen molar-refractivity contribution in [2.75, 3.05) is 13.1 Å². The number of carbonyl (C=O) groups excluding carboxylic acids is 1. The van der Waals surface area contributed by atoms with Crippen molar-refractivity contribution in [1.29, 1.82) is 5.26 Å². The minimum absolute atomic E-state index is 0.0143. The molecule has 1 saturated heterocycles. The van der Waals surface area contributed by atoms with E-state index in [1.54, 1.807) is 12.4 Å². The Bertz CT molecular complexity index is 964. The van der Waals surface area contributed by atoms with E-state index in [2.05, 4.69) is 39.1 Å². The first-order valence-electron chi connectivity index (χ1n) is 9.82. The topological polar surface area (TPSA) is 69.9 Å². The zero-order valence-electron chi connectivity index (χ0n) is 16.1. The summed E-state index contributed by atoms with van der Waals surface area (Å²) >= 11 is 0. The molecule has 1 atom stereocenters. The average Bonchev–Trinajstić information content (AvgIpc) is 2.79. The van der Waals surface area contributed by atoms with Crippen LogP contribution in [0.25, 0.3) is 0 Å². The molecule has 0 bridgehead atoms. The number of nitriles is 1. The zero-order chi connectivity index (χ0) is 20.1. The average molecular weight is 382 g/mol. The second-order valence-corrected chi connectivity index (χ2v) is 7.31. The highest BCUT2D eigenvalue weighted by Crippen LogP contribution is 2.41. The van der Waals surface area contributed by atoms with Gasteiger partial charge in [0.25, 0.3) is 0 Å². The first-order chi connectivity index (χ1) is 14.3. The van der Waals surface area contributed by atoms with E-state index >= 15 is 0 Å². The van der Waals surface area contributed by atoms with Crippen LogP contribution in [0.15, 0.2) is 73.3 Å². The molecule has 0 aliphatic carbocycles. The van der Waals surface area contributed by atoms with Crippen molar-refractivity contribution in [3.8, 4) is 6.07 Å². The van der Waals surface area contributed by atoms with Crippen molar-refractivity contribution in [2.24, 2.45) is 0 Å². The smallest absolute Gasteiger partial charge is 0.135 e. The predicted molar refractivity (Wildman–Crippen MR) is 110 cm³/mol. The summed E-state index contributed by atoms with van der Waals surface area (Å²) in [4.78, 5) is 23.0. The van der Waals surface area contributed by atoms with Gasteiger partial charge in [-0.05, 0) is 41.0 Å². The van der Waals surface area contributed by atoms with E-state index in [1.165, 1.54) is 0 Å². The van der Waals surface area contributed by atoms with Crippen molar-refractivity contribution in [3.05, 3.63) is 95.6 Å². The summed E-state index contributed by atoms with van der Waals surface area (Å²) in [5.41, 5.74) is 3.88. The number of hydrogen-bond donors (Lipinski definition) is 0. The molecule has 144 valence electrons. The molecule has 1 aromatic carbocycles. The Morgan fingerprint density at radius 3 is 2.07 bits per heavy atom. The third-order valence-corrected chi connectivity index (χ3v) is 5.51. The molecule has 0 amide bonds. The van der Waals surface area contributed by atoms with Crippen LogP contribution in [0.3, 0.4) is 0 Å². The molecule has 0 saturated carbocycles. The van der Waals surface area contributed by atoms with Gasteiger partial charge in [-0.1, -0.05) is 24.3 Å². The number of aromatic nitrogens is 2. The van der Waals surface area contributed by atoms with Crippen LogP contribution in [0.5, 0.6) is 0 Å². The molecule has 3 heterocycles. The molecule has 1 aliphatic heterocycles. The van der Waals surface area contributed by atoms with E-state index in [4.69, 9.17) is 0 Å². The highest BCUT2D eigenvalue weighted by atomic mass is 16.1. The minimum Gasteiger partial charge on any atom is -0.300 e. The number of Topliss-reactive ketones (excluding diaryl/α,β-unsaturated/α-hetero) is 1. The number of piperidine rings is 1. The molecule has 0 spiro atoms. The second-order valence-electron chi connectivity index (χ2n) is 7.31. The second kappa shape index (κ2) is 8.76. The largest absolute Gasteiger partial charge is 0.300 e. The Labute approximate surface area is 170 Å². The standard InChI is InChI=1S/C24H22N4O/c25-15-18-4-1-5-19(14-18)24(28-12-8-22(29)9-13-28)23(20-6-2-10-26-16-20)21-7-3-11-27-17-21/h1-7,10-11,14,16-17,23-24H,8-9,12-13H2. The Kier molecular flexibility index (Phi) is 5.73. The molecular weight excluding hydrogens is 360 g/mol. The van der Waals surface area contributed by atoms with Gasteiger partial charge in [0, 0.05) is 62.7 Å². The third-order valence-electron chi connectivity index (χ3n) is 5.51. The lowest BCUT2D eigenvalue weighted by molar-refractivity contribution is -0.122. The van der Waals surface area contributed by atoms with Crippen molar-refractivity contribution < 1.29 is 4.79 Å². The molecule has 29 heavy (non-hydrogen) atoms. The van der Waals surface area contributed by atoms with Crippen LogP contribution in [-0.4, -0.2) is 33.7 Å². The maximum Gasteiger partial charge on any atom is 0.135 e. The van der Waals surface area contributed by atoms with E-state index in [0.29, 0.717) is 37.3 Å². The molecule has 5 nitrogen and oxygen atoms in total. The SMILES string of the molecule is N#Cc1cccc(C(C(c2cccnc2)c2cccnc2)N2CCC(=O)CC2)c1. The van der Waals surface area contributed by atoms with Crippen molar-refractivity contribution in [2.45, 2.75) is 24.8 Å². The van der Waals surface area contributed by atoms with Gasteiger partial charge in [-0.2, -0.15) is 5.26 Å². The van der Waals surface area contributed by atoms with E-state index in [9.17, 15) is 10.1 Å². The summed E-state index contributed by atoms with van der Waals surface area (Å²) in [7, 11) is 0. The summed E-state index contributed by atoms with van der Waals surface area (Å²) in [6.07, 6.45) is 8.45. The van der Waals surface area contributed by atoms with E-state index < -0.39 is 0 Å². The Morgan fingerprint density at radius 2 is 1.52 bits per heavy atom. The van der Waals surface area contributed by atoms with E-state index in [1.807, 2.05) is 42.7 Å². The maximum absolute atomic E-state index is 11.9. The first kappa shape index (κ1) is 19.0. The molecule has 0 N–H and O–H groups in total. The van der Waals surface area contributed by atoms with Crippen molar-refractivity contribution in [3.63, 3.8) is 0 Å². The van der Waals surface area contributed by atoms with Crippen molar-refractivity contribution >= 4 is 5.78 Å². The fraction of sp³-hybridized carbons (Fsp3) is 0.250. The lowest BCUT2D eigenvalue weighted by atomic mass is 9.81. The monoisotopic (exact) mass is 382 g/mol. The number of benzene rings is 1. The fourth-order valence-corrected chi connectivity index (χ4v) is 4.13. The first-order valence-corrected chi connectivity index (χ1v) is 9.82. The number of carbonyl (C=O) groups is 1. The van der Waals surface area contributed by atoms with Gasteiger partial charge < -0.3 is 0 Å². The number of hydrogen-bond acceptors (Lipinski definition) is 5. The van der Waals surface area contributed by atoms with Crippen LogP contribution < -0.4 is 0 Å². The third kappa shape index (κ3) is 4.23. The Balaban J connectivity index is 1.86. The highest BCUT2D eigenvalue weighted by Gasteiger charge is 2.34. The zero-order valence-corrected chi connectivity index (χ0v) is 16.1. The van der Waals surface area contributed by atoms with Crippen LogP contribution >= 0.6 is 0 Å². The van der Waals surface area contributed by atoms with Crippen LogP contribution in [0.4, 0.5) is 0 Å². The number of rotatable bonds is 5. The predicted octanol–water partition coefficient (Wildman–Crippen LogP) is 3.89. The summed E-state index contributed by atoms with van der Waals surface area (Å²) in [5.74, 6) is 0.296. The number of ketones is 1. The number of pyridine rings is 2. The fourth-order valence-electron chi connectivity index (χ4n) is 4.13. The molecule has 5 heteroatoms. The number of nitrogens with zero attached hydrogens (tertiary/aromatic N) is 4. The van der Waals surface area contributed by atoms with Gasteiger partial charge >= 0.3 is 0 Å². The normalized spacial score (nSPS) is 15.8. The molecule has 4 rings (SSSR count). The van der Waals surface area contributed by atoms with Crippen LogP contribution in [0.1, 0.15) is 47.1 Å². The minimum atomic E-state index is -0.0233. The summed E-state index contributed by atoms with van der Waals surface area (Å²) < 4.78 is 0. The van der Waals surface area contributed by atoms with Gasteiger partial charge in [-0.15, -0.1) is 0 Å².